The number of carbonyl (C=O) groups excluding carboxylic acids is 1. The van der Waals surface area contributed by atoms with Crippen molar-refractivity contribution in [1.82, 2.24) is 29.8 Å². The third kappa shape index (κ3) is 4.96. The first kappa shape index (κ1) is 28.2. The number of rotatable bonds is 6. The Morgan fingerprint density at radius 3 is 2.59 bits per heavy atom. The predicted octanol–water partition coefficient (Wildman–Crippen LogP) is 4.86. The van der Waals surface area contributed by atoms with Crippen LogP contribution in [0.2, 0.25) is 5.02 Å². The molecular formula is C31H42ClN7O2. The number of fused-ring (bicyclic) bond motifs is 1. The van der Waals surface area contributed by atoms with E-state index in [1.165, 1.54) is 12.5 Å². The van der Waals surface area contributed by atoms with Gasteiger partial charge in [-0.1, -0.05) is 18.2 Å². The average Bonchev–Trinajstić information content (AvgIpc) is 3.51. The molecule has 4 heterocycles. The summed E-state index contributed by atoms with van der Waals surface area (Å²) in [6.45, 7) is 16.3. The minimum atomic E-state index is -0.736. The number of β-amino-alcohol motifs (C(OH)–C–C–N with tert-alkyl or cyclic N) is 1. The van der Waals surface area contributed by atoms with Crippen LogP contribution < -0.4 is 4.90 Å². The first-order valence-electron chi connectivity index (χ1n) is 14.9. The van der Waals surface area contributed by atoms with Gasteiger partial charge in [0.05, 0.1) is 33.9 Å². The van der Waals surface area contributed by atoms with E-state index in [1.807, 2.05) is 31.9 Å². The maximum atomic E-state index is 12.3. The number of carbonyl (C=O) groups is 1. The molecule has 1 spiro atoms. The van der Waals surface area contributed by atoms with Crippen molar-refractivity contribution >= 4 is 34.2 Å². The highest BCUT2D eigenvalue weighted by molar-refractivity contribution is 6.36. The maximum absolute atomic E-state index is 12.3. The zero-order valence-electron chi connectivity index (χ0n) is 24.7. The number of hydrogen-bond acceptors (Lipinski definition) is 6. The van der Waals surface area contributed by atoms with Gasteiger partial charge in [0.15, 0.2) is 5.82 Å². The number of aryl methyl sites for hydroxylation is 1. The molecule has 0 unspecified atom stereocenters. The number of likely N-dealkylation sites (tertiary alicyclic amines) is 1. The van der Waals surface area contributed by atoms with Gasteiger partial charge in [0, 0.05) is 61.5 Å². The number of nitrogens with one attached hydrogen (secondary N) is 1. The number of benzene rings is 1. The van der Waals surface area contributed by atoms with E-state index in [2.05, 4.69) is 44.2 Å². The monoisotopic (exact) mass is 579 g/mol. The van der Waals surface area contributed by atoms with E-state index in [0.717, 1.165) is 89.4 Å². The minimum Gasteiger partial charge on any atom is -0.389 e. The van der Waals surface area contributed by atoms with Crippen molar-refractivity contribution in [2.45, 2.75) is 77.0 Å². The van der Waals surface area contributed by atoms with Gasteiger partial charge in [-0.3, -0.25) is 19.5 Å². The smallest absolute Gasteiger partial charge is 0.245 e. The normalized spacial score (nSPS) is 20.1. The fourth-order valence-corrected chi connectivity index (χ4v) is 7.58. The molecule has 0 radical (unpaired) electrons. The van der Waals surface area contributed by atoms with Crippen LogP contribution in [0.1, 0.15) is 63.3 Å². The summed E-state index contributed by atoms with van der Waals surface area (Å²) in [6.07, 6.45) is 8.35. The molecular weight excluding hydrogens is 538 g/mol. The fourth-order valence-electron chi connectivity index (χ4n) is 7.33. The molecule has 1 aliphatic carbocycles. The molecule has 2 aromatic heterocycles. The van der Waals surface area contributed by atoms with E-state index in [-0.39, 0.29) is 17.5 Å². The molecule has 3 fully saturated rings. The quantitative estimate of drug-likeness (QED) is 0.405. The predicted molar refractivity (Wildman–Crippen MR) is 164 cm³/mol. The number of aromatic nitrogens is 4. The number of aromatic amines is 1. The standard InChI is InChI=1S/C31H42ClN7O2/c1-6-25(40)37-12-8-22(9-13-37)39-21(3)26(27-23-17-33-34-24(23)16-20(2)28(27)32)29(35-39)38-15-14-36(18-30(4,5)41)19-31(38)10-7-11-31/h6,16-17,22,41H,1,7-15,18-19H2,2-5H3,(H,33,34). The molecule has 220 valence electrons. The summed E-state index contributed by atoms with van der Waals surface area (Å²) < 4.78 is 2.21. The first-order valence-corrected chi connectivity index (χ1v) is 15.2. The number of anilines is 1. The van der Waals surface area contributed by atoms with E-state index in [1.54, 1.807) is 0 Å². The molecule has 2 aliphatic heterocycles. The second kappa shape index (κ2) is 10.4. The second-order valence-electron chi connectivity index (χ2n) is 13.0. The molecule has 10 heteroatoms. The third-order valence-electron chi connectivity index (χ3n) is 9.42. The number of amides is 1. The summed E-state index contributed by atoms with van der Waals surface area (Å²) in [5.41, 5.74) is 4.37. The Hall–Kier alpha value is -2.88. The van der Waals surface area contributed by atoms with Crippen LogP contribution in [0.25, 0.3) is 22.0 Å². The number of H-pyrrole nitrogens is 1. The Balaban J connectivity index is 1.46. The molecule has 41 heavy (non-hydrogen) atoms. The average molecular weight is 580 g/mol. The number of piperazine rings is 1. The largest absolute Gasteiger partial charge is 0.389 e. The maximum Gasteiger partial charge on any atom is 0.245 e. The number of piperidine rings is 1. The summed E-state index contributed by atoms with van der Waals surface area (Å²) >= 11 is 7.14. The van der Waals surface area contributed by atoms with Crippen LogP contribution in [0.3, 0.4) is 0 Å². The van der Waals surface area contributed by atoms with E-state index in [4.69, 9.17) is 16.7 Å². The number of hydrogen-bond donors (Lipinski definition) is 2. The van der Waals surface area contributed by atoms with Crippen molar-refractivity contribution in [1.29, 1.82) is 0 Å². The molecule has 3 aliphatic rings. The van der Waals surface area contributed by atoms with Crippen LogP contribution in [0.15, 0.2) is 24.9 Å². The lowest BCUT2D eigenvalue weighted by Crippen LogP contribution is -2.67. The molecule has 0 atom stereocenters. The van der Waals surface area contributed by atoms with Crippen molar-refractivity contribution in [3.05, 3.63) is 41.2 Å². The van der Waals surface area contributed by atoms with Crippen LogP contribution in [-0.4, -0.2) is 91.2 Å². The molecule has 6 rings (SSSR count). The van der Waals surface area contributed by atoms with Gasteiger partial charge in [0.2, 0.25) is 5.91 Å². The van der Waals surface area contributed by atoms with Gasteiger partial charge in [0.25, 0.3) is 0 Å². The van der Waals surface area contributed by atoms with Crippen LogP contribution in [0.5, 0.6) is 0 Å². The molecule has 1 saturated carbocycles. The highest BCUT2D eigenvalue weighted by Crippen LogP contribution is 2.49. The number of nitrogens with zero attached hydrogens (tertiary/aromatic N) is 6. The van der Waals surface area contributed by atoms with Crippen LogP contribution in [-0.2, 0) is 4.79 Å². The first-order chi connectivity index (χ1) is 19.5. The fraction of sp³-hybridized carbons (Fsp3) is 0.581. The van der Waals surface area contributed by atoms with Gasteiger partial charge < -0.3 is 14.9 Å². The Labute approximate surface area is 247 Å². The Morgan fingerprint density at radius 2 is 1.95 bits per heavy atom. The van der Waals surface area contributed by atoms with Crippen LogP contribution in [0, 0.1) is 13.8 Å². The van der Waals surface area contributed by atoms with Gasteiger partial charge in [0.1, 0.15) is 0 Å². The van der Waals surface area contributed by atoms with Crippen molar-refractivity contribution in [3.8, 4) is 11.1 Å². The topological polar surface area (TPSA) is 93.5 Å². The van der Waals surface area contributed by atoms with Gasteiger partial charge in [-0.25, -0.2) is 0 Å². The summed E-state index contributed by atoms with van der Waals surface area (Å²) in [4.78, 5) is 19.1. The summed E-state index contributed by atoms with van der Waals surface area (Å²) in [6, 6.07) is 2.25. The van der Waals surface area contributed by atoms with Crippen molar-refractivity contribution < 1.29 is 9.90 Å². The van der Waals surface area contributed by atoms with Crippen LogP contribution in [0.4, 0.5) is 5.82 Å². The lowest BCUT2D eigenvalue weighted by Gasteiger charge is -2.57. The number of halogens is 1. The lowest BCUT2D eigenvalue weighted by atomic mass is 9.73. The lowest BCUT2D eigenvalue weighted by molar-refractivity contribution is -0.127. The Kier molecular flexibility index (Phi) is 7.19. The highest BCUT2D eigenvalue weighted by atomic mass is 35.5. The zero-order valence-corrected chi connectivity index (χ0v) is 25.5. The molecule has 2 saturated heterocycles. The van der Waals surface area contributed by atoms with Gasteiger partial charge in [-0.15, -0.1) is 0 Å². The molecule has 2 N–H and O–H groups in total. The van der Waals surface area contributed by atoms with Crippen molar-refractivity contribution in [2.24, 2.45) is 0 Å². The van der Waals surface area contributed by atoms with E-state index >= 15 is 0 Å². The minimum absolute atomic E-state index is 0.00763. The van der Waals surface area contributed by atoms with Gasteiger partial charge in [-0.2, -0.15) is 10.2 Å². The second-order valence-corrected chi connectivity index (χ2v) is 13.3. The summed E-state index contributed by atoms with van der Waals surface area (Å²) in [7, 11) is 0. The van der Waals surface area contributed by atoms with Gasteiger partial charge in [-0.05, 0) is 77.5 Å². The van der Waals surface area contributed by atoms with Crippen molar-refractivity contribution in [2.75, 3.05) is 44.2 Å². The molecule has 1 amide bonds. The van der Waals surface area contributed by atoms with E-state index in [9.17, 15) is 9.90 Å². The highest BCUT2D eigenvalue weighted by Gasteiger charge is 2.49. The molecule has 0 bridgehead atoms. The summed E-state index contributed by atoms with van der Waals surface area (Å²) in [5, 5.41) is 25.2. The van der Waals surface area contributed by atoms with Gasteiger partial charge >= 0.3 is 0 Å². The zero-order chi connectivity index (χ0) is 29.1. The molecule has 3 aromatic rings. The Bertz CT molecular complexity index is 1470. The molecule has 9 nitrogen and oxygen atoms in total. The van der Waals surface area contributed by atoms with E-state index in [0.29, 0.717) is 19.6 Å². The van der Waals surface area contributed by atoms with Crippen molar-refractivity contribution in [3.63, 3.8) is 0 Å². The molecule has 1 aromatic carbocycles. The SMILES string of the molecule is C=CC(=O)N1CCC(n2nc(N3CCN(CC(C)(C)O)CC34CCC4)c(-c3c(Cl)c(C)cc4[nH]ncc34)c2C)CC1. The third-order valence-corrected chi connectivity index (χ3v) is 9.91. The summed E-state index contributed by atoms with van der Waals surface area (Å²) in [5.74, 6) is 0.983. The van der Waals surface area contributed by atoms with E-state index < -0.39 is 5.60 Å². The number of aliphatic hydroxyl groups is 1. The Morgan fingerprint density at radius 1 is 1.22 bits per heavy atom. The van der Waals surface area contributed by atoms with Crippen LogP contribution >= 0.6 is 11.6 Å².